The summed E-state index contributed by atoms with van der Waals surface area (Å²) in [5.41, 5.74) is 1.01. The van der Waals surface area contributed by atoms with E-state index in [0.717, 1.165) is 18.4 Å². The Hall–Kier alpha value is 1.00. The first kappa shape index (κ1) is 15.1. The van der Waals surface area contributed by atoms with Crippen LogP contribution < -0.4 is 56.8 Å². The van der Waals surface area contributed by atoms with E-state index in [-0.39, 0.29) is 56.4 Å². The molecule has 0 bridgehead atoms. The summed E-state index contributed by atoms with van der Waals surface area (Å²) in [5.74, 6) is 0.428. The van der Waals surface area contributed by atoms with E-state index >= 15 is 0 Å². The first-order chi connectivity index (χ1) is 6.89. The maximum Gasteiger partial charge on any atom is 1.00 e. The number of aryl methyl sites for hydroxylation is 1. The van der Waals surface area contributed by atoms with Gasteiger partial charge in [0.15, 0.2) is 0 Å². The van der Waals surface area contributed by atoms with Gasteiger partial charge in [-0.1, -0.05) is 28.7 Å². The van der Waals surface area contributed by atoms with E-state index in [0.29, 0.717) is 11.5 Å². The van der Waals surface area contributed by atoms with E-state index in [4.69, 9.17) is 11.6 Å². The molecule has 0 amide bonds. The van der Waals surface area contributed by atoms with Crippen molar-refractivity contribution in [1.82, 2.24) is 0 Å². The predicted molar refractivity (Wildman–Crippen MR) is 56.9 cm³/mol. The molecule has 1 aromatic rings. The molecule has 0 N–H and O–H groups in total. The number of benzene rings is 1. The molecule has 0 nitrogen and oxygen atoms in total. The third-order valence-corrected chi connectivity index (χ3v) is 3.08. The summed E-state index contributed by atoms with van der Waals surface area (Å²) in [4.78, 5) is 0. The Morgan fingerprint density at radius 1 is 1.25 bits per heavy atom. The minimum Gasteiger partial charge on any atom is -0.445 e. The van der Waals surface area contributed by atoms with Crippen molar-refractivity contribution in [3.05, 3.63) is 28.3 Å². The molecule has 0 unspecified atom stereocenters. The molecular weight excluding hydrogens is 262 g/mol. The van der Waals surface area contributed by atoms with E-state index < -0.39 is 12.4 Å². The number of hydrogen-bond donors (Lipinski definition) is 0. The van der Waals surface area contributed by atoms with Crippen molar-refractivity contribution in [3.8, 4) is 0 Å². The van der Waals surface area contributed by atoms with Crippen LogP contribution in [0.1, 0.15) is 29.9 Å². The normalized spacial score (nSPS) is 15.8. The Balaban J connectivity index is 0.00000128. The standard InChI is InChI=1S/C10H10BClF3.K/c1-6-4-9(11(13,14)15)10(12)5-8(6)7-2-3-7;/h4-5,7H,2-3H2,1H3;/q-1;+1. The Morgan fingerprint density at radius 3 is 2.25 bits per heavy atom. The van der Waals surface area contributed by atoms with Crippen LogP contribution in [-0.2, 0) is 0 Å². The molecule has 0 spiro atoms. The Labute approximate surface area is 140 Å². The minimum absolute atomic E-state index is 0. The van der Waals surface area contributed by atoms with Crippen LogP contribution in [0.25, 0.3) is 0 Å². The fourth-order valence-electron chi connectivity index (χ4n) is 1.80. The molecule has 0 aliphatic heterocycles. The van der Waals surface area contributed by atoms with Gasteiger partial charge < -0.3 is 12.9 Å². The molecule has 0 atom stereocenters. The summed E-state index contributed by atoms with van der Waals surface area (Å²) in [7, 11) is 0. The first-order valence-corrected chi connectivity index (χ1v) is 5.27. The van der Waals surface area contributed by atoms with Crippen molar-refractivity contribution in [3.63, 3.8) is 0 Å². The number of hydrogen-bond acceptors (Lipinski definition) is 0. The second-order valence-corrected chi connectivity index (χ2v) is 4.49. The van der Waals surface area contributed by atoms with Gasteiger partial charge in [0.1, 0.15) is 0 Å². The van der Waals surface area contributed by atoms with Crippen LogP contribution in [0.15, 0.2) is 12.1 Å². The third-order valence-electron chi connectivity index (χ3n) is 2.76. The van der Waals surface area contributed by atoms with E-state index in [1.54, 1.807) is 6.92 Å². The van der Waals surface area contributed by atoms with Gasteiger partial charge >= 0.3 is 58.4 Å². The van der Waals surface area contributed by atoms with Crippen LogP contribution in [0.2, 0.25) is 5.02 Å². The van der Waals surface area contributed by atoms with E-state index in [1.807, 2.05) is 0 Å². The monoisotopic (exact) mass is 272 g/mol. The van der Waals surface area contributed by atoms with Crippen LogP contribution in [0, 0.1) is 6.92 Å². The molecule has 0 radical (unpaired) electrons. The molecule has 1 saturated carbocycles. The summed E-state index contributed by atoms with van der Waals surface area (Å²) in [6, 6.07) is 2.66. The molecule has 1 aliphatic rings. The van der Waals surface area contributed by atoms with E-state index in [9.17, 15) is 12.9 Å². The quantitative estimate of drug-likeness (QED) is 0.691. The molecule has 16 heavy (non-hydrogen) atoms. The first-order valence-electron chi connectivity index (χ1n) is 4.89. The molecule has 2 rings (SSSR count). The second-order valence-electron chi connectivity index (χ2n) is 4.08. The van der Waals surface area contributed by atoms with Crippen LogP contribution in [0.4, 0.5) is 12.9 Å². The van der Waals surface area contributed by atoms with Gasteiger partial charge in [-0.05, 0) is 37.3 Å². The summed E-state index contributed by atoms with van der Waals surface area (Å²) in [6.07, 6.45) is 2.13. The van der Waals surface area contributed by atoms with Gasteiger partial charge in [-0.3, -0.25) is 0 Å². The second kappa shape index (κ2) is 5.33. The fourth-order valence-corrected chi connectivity index (χ4v) is 2.10. The Bertz CT molecular complexity index is 402. The number of halogens is 4. The molecule has 6 heteroatoms. The van der Waals surface area contributed by atoms with Gasteiger partial charge in [-0.25, -0.2) is 0 Å². The zero-order valence-electron chi connectivity index (χ0n) is 9.24. The average Bonchev–Trinajstić information content (AvgIpc) is 2.89. The largest absolute Gasteiger partial charge is 1.00 e. The van der Waals surface area contributed by atoms with Gasteiger partial charge in [0.05, 0.1) is 0 Å². The molecule has 0 aromatic heterocycles. The smallest absolute Gasteiger partial charge is 0.445 e. The van der Waals surface area contributed by atoms with Crippen LogP contribution in [0.3, 0.4) is 0 Å². The van der Waals surface area contributed by atoms with Crippen LogP contribution in [-0.4, -0.2) is 6.98 Å². The van der Waals surface area contributed by atoms with Crippen LogP contribution >= 0.6 is 11.6 Å². The van der Waals surface area contributed by atoms with Gasteiger partial charge in [0, 0.05) is 5.02 Å². The molecule has 82 valence electrons. The van der Waals surface area contributed by atoms with E-state index in [1.165, 1.54) is 12.1 Å². The summed E-state index contributed by atoms with van der Waals surface area (Å²) in [6.45, 7) is -3.28. The van der Waals surface area contributed by atoms with Crippen molar-refractivity contribution in [1.29, 1.82) is 0 Å². The van der Waals surface area contributed by atoms with E-state index in [2.05, 4.69) is 0 Å². The van der Waals surface area contributed by atoms with Crippen molar-refractivity contribution < 1.29 is 64.3 Å². The van der Waals surface area contributed by atoms with Crippen molar-refractivity contribution in [2.45, 2.75) is 25.7 Å². The zero-order chi connectivity index (χ0) is 11.2. The molecule has 1 aliphatic carbocycles. The zero-order valence-corrected chi connectivity index (χ0v) is 13.1. The molecule has 1 aromatic carbocycles. The molecule has 0 saturated heterocycles. The summed E-state index contributed by atoms with van der Waals surface area (Å²) in [5, 5.41) is -0.157. The van der Waals surface area contributed by atoms with Gasteiger partial charge in [-0.2, -0.15) is 0 Å². The van der Waals surface area contributed by atoms with Crippen molar-refractivity contribution in [2.75, 3.05) is 0 Å². The predicted octanol–water partition coefficient (Wildman–Crippen LogP) is 0.584. The van der Waals surface area contributed by atoms with Crippen LogP contribution in [0.5, 0.6) is 0 Å². The Morgan fingerprint density at radius 2 is 1.81 bits per heavy atom. The summed E-state index contributed by atoms with van der Waals surface area (Å²) < 4.78 is 37.7. The molecule has 1 fully saturated rings. The summed E-state index contributed by atoms with van der Waals surface area (Å²) >= 11 is 5.65. The minimum atomic E-state index is -5.00. The molecular formula is C10H10BClF3K. The van der Waals surface area contributed by atoms with Crippen molar-refractivity contribution in [2.24, 2.45) is 0 Å². The third kappa shape index (κ3) is 3.27. The topological polar surface area (TPSA) is 0 Å². The Kier molecular flexibility index (Phi) is 5.01. The van der Waals surface area contributed by atoms with Crippen molar-refractivity contribution >= 4 is 24.0 Å². The maximum absolute atomic E-state index is 12.6. The SMILES string of the molecule is Cc1cc([B-](F)(F)F)c(Cl)cc1C1CC1.[K+]. The van der Waals surface area contributed by atoms with Gasteiger partial charge in [0.25, 0.3) is 0 Å². The fraction of sp³-hybridized carbons (Fsp3) is 0.400. The maximum atomic E-state index is 12.6. The average molecular weight is 273 g/mol. The number of rotatable bonds is 2. The van der Waals surface area contributed by atoms with Gasteiger partial charge in [-0.15, -0.1) is 0 Å². The van der Waals surface area contributed by atoms with Gasteiger partial charge in [0.2, 0.25) is 0 Å². The molecule has 0 heterocycles.